The molecule has 7 nitrogen and oxygen atoms in total. The predicted octanol–water partition coefficient (Wildman–Crippen LogP) is 2.38. The number of hydrogen-bond acceptors (Lipinski definition) is 6. The summed E-state index contributed by atoms with van der Waals surface area (Å²) >= 11 is 0. The number of nitrogens with zero attached hydrogens (tertiary/aromatic N) is 2. The molecule has 0 amide bonds. The summed E-state index contributed by atoms with van der Waals surface area (Å²) in [6, 6.07) is 2.86. The van der Waals surface area contributed by atoms with Gasteiger partial charge in [0.15, 0.2) is 0 Å². The molecule has 2 atom stereocenters. The van der Waals surface area contributed by atoms with Crippen molar-refractivity contribution in [2.75, 3.05) is 23.7 Å². The minimum atomic E-state index is -0.422. The number of nitro groups is 1. The maximum absolute atomic E-state index is 11.0. The van der Waals surface area contributed by atoms with Gasteiger partial charge in [0.2, 0.25) is 0 Å². The highest BCUT2D eigenvalue weighted by Gasteiger charge is 2.25. The van der Waals surface area contributed by atoms with Gasteiger partial charge >= 0.3 is 0 Å². The molecule has 1 aromatic rings. The Hall–Kier alpha value is -1.89. The molecule has 1 aliphatic carbocycles. The molecular weight excluding hydrogens is 272 g/mol. The van der Waals surface area contributed by atoms with E-state index < -0.39 is 4.92 Å². The van der Waals surface area contributed by atoms with Crippen LogP contribution < -0.4 is 10.6 Å². The average molecular weight is 294 g/mol. The molecule has 1 heterocycles. The van der Waals surface area contributed by atoms with Crippen molar-refractivity contribution in [3.8, 4) is 0 Å². The molecule has 0 aliphatic heterocycles. The largest absolute Gasteiger partial charge is 0.393 e. The van der Waals surface area contributed by atoms with Crippen LogP contribution in [0.5, 0.6) is 0 Å². The summed E-state index contributed by atoms with van der Waals surface area (Å²) in [6.07, 6.45) is 3.47. The third-order valence-electron chi connectivity index (χ3n) is 3.74. The molecule has 116 valence electrons. The van der Waals surface area contributed by atoms with Gasteiger partial charge in [-0.25, -0.2) is 4.98 Å². The van der Waals surface area contributed by atoms with Crippen LogP contribution in [0.3, 0.4) is 0 Å². The maximum atomic E-state index is 11.0. The second kappa shape index (κ2) is 7.21. The Morgan fingerprint density at radius 2 is 2.10 bits per heavy atom. The van der Waals surface area contributed by atoms with Crippen molar-refractivity contribution in [2.24, 2.45) is 5.92 Å². The van der Waals surface area contributed by atoms with Crippen LogP contribution in [0.15, 0.2) is 12.1 Å². The highest BCUT2D eigenvalue weighted by atomic mass is 16.6. The first-order valence-electron chi connectivity index (χ1n) is 7.42. The first kappa shape index (κ1) is 15.5. The van der Waals surface area contributed by atoms with Gasteiger partial charge in [-0.05, 0) is 19.3 Å². The Kier molecular flexibility index (Phi) is 5.32. The molecule has 1 aromatic heterocycles. The molecule has 1 saturated carbocycles. The summed E-state index contributed by atoms with van der Waals surface area (Å²) in [5, 5.41) is 26.9. The lowest BCUT2D eigenvalue weighted by atomic mass is 10.1. The standard InChI is InChI=1S/C14H22N4O3/c1-2-6-15-13-7-11(18(20)21)8-14(17-13)16-9-10-4-3-5-12(10)19/h7-8,10,12,19H,2-6,9H2,1H3,(H2,15,16,17). The average Bonchev–Trinajstić information content (AvgIpc) is 2.88. The van der Waals surface area contributed by atoms with Gasteiger partial charge in [0.1, 0.15) is 11.6 Å². The zero-order valence-corrected chi connectivity index (χ0v) is 12.2. The highest BCUT2D eigenvalue weighted by Crippen LogP contribution is 2.26. The van der Waals surface area contributed by atoms with Crippen molar-refractivity contribution in [1.29, 1.82) is 0 Å². The van der Waals surface area contributed by atoms with Gasteiger partial charge < -0.3 is 15.7 Å². The van der Waals surface area contributed by atoms with Crippen LogP contribution in [0.25, 0.3) is 0 Å². The summed E-state index contributed by atoms with van der Waals surface area (Å²) < 4.78 is 0. The molecule has 1 aliphatic rings. The Balaban J connectivity index is 2.05. The van der Waals surface area contributed by atoms with Crippen molar-refractivity contribution in [3.05, 3.63) is 22.2 Å². The van der Waals surface area contributed by atoms with E-state index >= 15 is 0 Å². The highest BCUT2D eigenvalue weighted by molar-refractivity contribution is 5.54. The Morgan fingerprint density at radius 1 is 1.38 bits per heavy atom. The Morgan fingerprint density at radius 3 is 2.67 bits per heavy atom. The van der Waals surface area contributed by atoms with E-state index in [4.69, 9.17) is 0 Å². The summed E-state index contributed by atoms with van der Waals surface area (Å²) in [5.74, 6) is 1.17. The van der Waals surface area contributed by atoms with Crippen molar-refractivity contribution in [2.45, 2.75) is 38.7 Å². The monoisotopic (exact) mass is 294 g/mol. The fourth-order valence-electron chi connectivity index (χ4n) is 2.55. The topological polar surface area (TPSA) is 100 Å². The lowest BCUT2D eigenvalue weighted by Gasteiger charge is -2.16. The Bertz CT molecular complexity index is 495. The quantitative estimate of drug-likeness (QED) is 0.527. The first-order valence-corrected chi connectivity index (χ1v) is 7.42. The number of nitrogens with one attached hydrogen (secondary N) is 2. The SMILES string of the molecule is CCCNc1cc([N+](=O)[O-])cc(NCC2CCCC2O)n1. The van der Waals surface area contributed by atoms with Crippen LogP contribution in [-0.2, 0) is 0 Å². The summed E-state index contributed by atoms with van der Waals surface area (Å²) in [6.45, 7) is 3.32. The van der Waals surface area contributed by atoms with Crippen LogP contribution in [0.2, 0.25) is 0 Å². The maximum Gasteiger partial charge on any atom is 0.276 e. The van der Waals surface area contributed by atoms with Gasteiger partial charge in [-0.3, -0.25) is 10.1 Å². The fraction of sp³-hybridized carbons (Fsp3) is 0.643. The van der Waals surface area contributed by atoms with Crippen molar-refractivity contribution >= 4 is 17.3 Å². The number of rotatable bonds is 7. The molecule has 3 N–H and O–H groups in total. The molecular formula is C14H22N4O3. The van der Waals surface area contributed by atoms with E-state index in [9.17, 15) is 15.2 Å². The number of aliphatic hydroxyl groups excluding tert-OH is 1. The van der Waals surface area contributed by atoms with Gasteiger partial charge in [-0.15, -0.1) is 0 Å². The molecule has 0 bridgehead atoms. The molecule has 0 radical (unpaired) electrons. The van der Waals surface area contributed by atoms with E-state index in [0.29, 0.717) is 18.2 Å². The van der Waals surface area contributed by atoms with Crippen molar-refractivity contribution in [1.82, 2.24) is 4.98 Å². The van der Waals surface area contributed by atoms with E-state index in [1.165, 1.54) is 12.1 Å². The molecule has 0 saturated heterocycles. The zero-order valence-electron chi connectivity index (χ0n) is 12.2. The predicted molar refractivity (Wildman–Crippen MR) is 81.5 cm³/mol. The number of hydrogen-bond donors (Lipinski definition) is 3. The Labute approximate surface area is 123 Å². The number of pyridine rings is 1. The lowest BCUT2D eigenvalue weighted by Crippen LogP contribution is -2.22. The number of aliphatic hydroxyl groups is 1. The molecule has 0 aromatic carbocycles. The third kappa shape index (κ3) is 4.29. The normalized spacial score (nSPS) is 21.2. The summed E-state index contributed by atoms with van der Waals surface area (Å²) in [5.41, 5.74) is 0.0121. The minimum Gasteiger partial charge on any atom is -0.393 e. The third-order valence-corrected chi connectivity index (χ3v) is 3.74. The van der Waals surface area contributed by atoms with Gasteiger partial charge in [0.05, 0.1) is 23.2 Å². The lowest BCUT2D eigenvalue weighted by molar-refractivity contribution is -0.384. The summed E-state index contributed by atoms with van der Waals surface area (Å²) in [7, 11) is 0. The molecule has 7 heteroatoms. The first-order chi connectivity index (χ1) is 10.1. The van der Waals surface area contributed by atoms with Crippen molar-refractivity contribution in [3.63, 3.8) is 0 Å². The molecule has 2 unspecified atom stereocenters. The van der Waals surface area contributed by atoms with Crippen molar-refractivity contribution < 1.29 is 10.0 Å². The van der Waals surface area contributed by atoms with E-state index in [0.717, 1.165) is 32.2 Å². The second-order valence-corrected chi connectivity index (χ2v) is 5.42. The number of aromatic nitrogens is 1. The smallest absolute Gasteiger partial charge is 0.276 e. The van der Waals surface area contributed by atoms with E-state index in [1.807, 2.05) is 6.92 Å². The number of anilines is 2. The zero-order chi connectivity index (χ0) is 15.2. The van der Waals surface area contributed by atoms with Crippen LogP contribution >= 0.6 is 0 Å². The molecule has 21 heavy (non-hydrogen) atoms. The van der Waals surface area contributed by atoms with E-state index in [1.54, 1.807) is 0 Å². The van der Waals surface area contributed by atoms with Gasteiger partial charge in [-0.1, -0.05) is 13.3 Å². The van der Waals surface area contributed by atoms with E-state index in [2.05, 4.69) is 15.6 Å². The minimum absolute atomic E-state index is 0.0121. The van der Waals surface area contributed by atoms with Crippen LogP contribution in [0, 0.1) is 16.0 Å². The van der Waals surface area contributed by atoms with Crippen LogP contribution in [0.4, 0.5) is 17.3 Å². The molecule has 1 fully saturated rings. The van der Waals surface area contributed by atoms with E-state index in [-0.39, 0.29) is 17.7 Å². The van der Waals surface area contributed by atoms with Gasteiger partial charge in [-0.2, -0.15) is 0 Å². The summed E-state index contributed by atoms with van der Waals surface area (Å²) in [4.78, 5) is 14.9. The molecule has 2 rings (SSSR count). The fourth-order valence-corrected chi connectivity index (χ4v) is 2.55. The van der Waals surface area contributed by atoms with Crippen LogP contribution in [-0.4, -0.2) is 34.2 Å². The van der Waals surface area contributed by atoms with Gasteiger partial charge in [0.25, 0.3) is 5.69 Å². The molecule has 0 spiro atoms. The van der Waals surface area contributed by atoms with Gasteiger partial charge in [0, 0.05) is 19.0 Å². The second-order valence-electron chi connectivity index (χ2n) is 5.42. The van der Waals surface area contributed by atoms with Crippen LogP contribution in [0.1, 0.15) is 32.6 Å².